The van der Waals surface area contributed by atoms with E-state index in [1.54, 1.807) is 17.1 Å². The molecule has 0 aromatic heterocycles. The normalized spacial score (nSPS) is 26.5. The maximum Gasteiger partial charge on any atom is 0.313 e. The fourth-order valence-electron chi connectivity index (χ4n) is 7.86. The summed E-state index contributed by atoms with van der Waals surface area (Å²) in [6, 6.07) is 13.1. The van der Waals surface area contributed by atoms with Crippen molar-refractivity contribution in [1.29, 1.82) is 0 Å². The smallest absolute Gasteiger partial charge is 0.313 e. The third kappa shape index (κ3) is 6.72. The van der Waals surface area contributed by atoms with Gasteiger partial charge in [-0.15, -0.1) is 13.2 Å². The molecule has 0 radical (unpaired) electrons. The van der Waals surface area contributed by atoms with Crippen LogP contribution in [0.4, 0.5) is 5.69 Å². The van der Waals surface area contributed by atoms with Crippen LogP contribution >= 0.6 is 15.9 Å². The lowest BCUT2D eigenvalue weighted by Crippen LogP contribution is -2.59. The first kappa shape index (κ1) is 36.5. The number of benzene rings is 2. The molecule has 3 amide bonds. The van der Waals surface area contributed by atoms with Crippen molar-refractivity contribution < 1.29 is 33.8 Å². The van der Waals surface area contributed by atoms with Gasteiger partial charge in [0.05, 0.1) is 37.1 Å². The Kier molecular flexibility index (Phi) is 11.5. The fraction of sp³-hybridized carbons (Fsp3) is 0.474. The third-order valence-electron chi connectivity index (χ3n) is 10.1. The number of hydrogen-bond donors (Lipinski definition) is 2. The molecule has 2 aromatic rings. The second-order valence-corrected chi connectivity index (χ2v) is 14.3. The number of ether oxygens (including phenoxy) is 2. The molecule has 8 atom stereocenters. The number of allylic oxidation sites excluding steroid dienone is 1. The molecule has 3 heterocycles. The first-order valence-electron chi connectivity index (χ1n) is 16.9. The van der Waals surface area contributed by atoms with Gasteiger partial charge >= 0.3 is 5.97 Å². The Hall–Kier alpha value is -3.80. The van der Waals surface area contributed by atoms with Crippen molar-refractivity contribution in [2.24, 2.45) is 11.8 Å². The van der Waals surface area contributed by atoms with Crippen LogP contribution in [0.25, 0.3) is 0 Å². The number of halogens is 1. The van der Waals surface area contributed by atoms with E-state index in [2.05, 4.69) is 34.4 Å². The molecule has 11 heteroatoms. The van der Waals surface area contributed by atoms with E-state index in [0.29, 0.717) is 24.8 Å². The molecule has 2 bridgehead atoms. The number of anilines is 1. The zero-order valence-electron chi connectivity index (χ0n) is 28.3. The molecule has 3 aliphatic rings. The van der Waals surface area contributed by atoms with Crippen LogP contribution in [0.15, 0.2) is 73.8 Å². The van der Waals surface area contributed by atoms with E-state index in [9.17, 15) is 24.3 Å². The first-order chi connectivity index (χ1) is 23.5. The summed E-state index contributed by atoms with van der Waals surface area (Å²) < 4.78 is 12.9. The Morgan fingerprint density at radius 3 is 2.45 bits per heavy atom. The summed E-state index contributed by atoms with van der Waals surface area (Å²) in [5, 5.41) is 13.3. The minimum absolute atomic E-state index is 0.0351. The summed E-state index contributed by atoms with van der Waals surface area (Å²) in [6.45, 7) is 13.1. The topological polar surface area (TPSA) is 125 Å². The number of aliphatic hydroxyl groups is 1. The standard InChI is InChI=1S/C38H46BrN3O7/c1-6-9-18-29(44)40-21-28(25-16-11-10-12-17-25)48-37(47)30-31-35(45)42(26(8-3)22-43)34(38(31)20-27(39)33(30)49-38)36(46)41(19-7-2)32-23(4)14-13-15-24(32)5/h6-7,10-17,26-28,30-31,33-34,43H,1-2,8-9,18-22H2,3-5H3,(H,40,44)/t26-,27?,28+,30+,31-,33+,34+,38-/m0/s1. The largest absolute Gasteiger partial charge is 0.455 e. The number of nitrogens with zero attached hydrogens (tertiary/aromatic N) is 2. The lowest BCUT2D eigenvalue weighted by Gasteiger charge is -2.39. The van der Waals surface area contributed by atoms with E-state index in [4.69, 9.17) is 9.47 Å². The highest BCUT2D eigenvalue weighted by molar-refractivity contribution is 9.09. The number of carbonyl (C=O) groups excluding carboxylic acids is 4. The predicted molar refractivity (Wildman–Crippen MR) is 190 cm³/mol. The van der Waals surface area contributed by atoms with Gasteiger partial charge in [0.2, 0.25) is 11.8 Å². The van der Waals surface area contributed by atoms with Crippen molar-refractivity contribution >= 4 is 45.3 Å². The van der Waals surface area contributed by atoms with E-state index in [0.717, 1.165) is 16.8 Å². The van der Waals surface area contributed by atoms with Crippen LogP contribution in [0.5, 0.6) is 0 Å². The average Bonchev–Trinajstić information content (AvgIpc) is 3.69. The van der Waals surface area contributed by atoms with Gasteiger partial charge in [-0.25, -0.2) is 0 Å². The van der Waals surface area contributed by atoms with Crippen LogP contribution in [0.2, 0.25) is 0 Å². The Balaban J connectivity index is 1.53. The highest BCUT2D eigenvalue weighted by Gasteiger charge is 2.77. The number of hydrogen-bond acceptors (Lipinski definition) is 7. The number of nitrogens with one attached hydrogen (secondary N) is 1. The predicted octanol–water partition coefficient (Wildman–Crippen LogP) is 4.71. The lowest BCUT2D eigenvalue weighted by molar-refractivity contribution is -0.160. The van der Waals surface area contributed by atoms with Gasteiger partial charge in [0.25, 0.3) is 5.91 Å². The molecule has 3 fully saturated rings. The number of likely N-dealkylation sites (tertiary alicyclic amines) is 1. The molecule has 1 unspecified atom stereocenters. The van der Waals surface area contributed by atoms with E-state index < -0.39 is 53.6 Å². The van der Waals surface area contributed by atoms with Gasteiger partial charge in [0.15, 0.2) is 0 Å². The third-order valence-corrected chi connectivity index (χ3v) is 10.9. The number of fused-ring (bicyclic) bond motifs is 1. The van der Waals surface area contributed by atoms with Gasteiger partial charge in [-0.05, 0) is 49.8 Å². The maximum atomic E-state index is 15.0. The quantitative estimate of drug-likeness (QED) is 0.154. The Morgan fingerprint density at radius 2 is 1.84 bits per heavy atom. The van der Waals surface area contributed by atoms with Crippen LogP contribution in [-0.4, -0.2) is 82.0 Å². The number of carbonyl (C=O) groups is 4. The van der Waals surface area contributed by atoms with E-state index >= 15 is 0 Å². The van der Waals surface area contributed by atoms with Gasteiger partial charge in [0.1, 0.15) is 17.7 Å². The molecule has 2 N–H and O–H groups in total. The Morgan fingerprint density at radius 1 is 1.14 bits per heavy atom. The monoisotopic (exact) mass is 735 g/mol. The lowest BCUT2D eigenvalue weighted by atomic mass is 9.70. The van der Waals surface area contributed by atoms with Gasteiger partial charge < -0.3 is 29.7 Å². The molecule has 3 saturated heterocycles. The SMILES string of the molecule is C=CCCC(=O)NC[C@@H](OC(=O)[C@H]1[C@@H]2O[C@@]3(CC2Br)[C@@H]1C(=O)N([C@@H](CC)CO)[C@@H]3C(=O)N(CC=C)c1c(C)cccc1C)c1ccccc1. The van der Waals surface area contributed by atoms with Gasteiger partial charge in [-0.1, -0.05) is 83.5 Å². The van der Waals surface area contributed by atoms with Crippen molar-refractivity contribution in [1.82, 2.24) is 10.2 Å². The van der Waals surface area contributed by atoms with Crippen LogP contribution in [-0.2, 0) is 28.7 Å². The number of alkyl halides is 1. The summed E-state index contributed by atoms with van der Waals surface area (Å²) in [7, 11) is 0. The fourth-order valence-corrected chi connectivity index (χ4v) is 8.81. The summed E-state index contributed by atoms with van der Waals surface area (Å²) in [5.41, 5.74) is 1.82. The summed E-state index contributed by atoms with van der Waals surface area (Å²) in [4.78, 5) is 59.2. The molecule has 10 nitrogen and oxygen atoms in total. The molecular weight excluding hydrogens is 690 g/mol. The zero-order valence-corrected chi connectivity index (χ0v) is 29.9. The number of aryl methyl sites for hydroxylation is 2. The summed E-state index contributed by atoms with van der Waals surface area (Å²) in [6.07, 6.45) is 3.20. The highest BCUT2D eigenvalue weighted by Crippen LogP contribution is 2.61. The summed E-state index contributed by atoms with van der Waals surface area (Å²) >= 11 is 3.73. The van der Waals surface area contributed by atoms with E-state index in [1.165, 1.54) is 4.90 Å². The molecule has 2 aromatic carbocycles. The second kappa shape index (κ2) is 15.4. The molecule has 0 aliphatic carbocycles. The minimum atomic E-state index is -1.35. The number of esters is 1. The van der Waals surface area contributed by atoms with E-state index in [1.807, 2.05) is 69.3 Å². The number of aliphatic hydroxyl groups excluding tert-OH is 1. The molecule has 3 aliphatic heterocycles. The zero-order chi connectivity index (χ0) is 35.5. The van der Waals surface area contributed by atoms with Gasteiger partial charge in [-0.2, -0.15) is 0 Å². The maximum absolute atomic E-state index is 15.0. The van der Waals surface area contributed by atoms with E-state index in [-0.39, 0.29) is 42.8 Å². The molecule has 1 spiro atoms. The second-order valence-electron chi connectivity index (χ2n) is 13.1. The molecule has 0 saturated carbocycles. The van der Waals surface area contributed by atoms with Crippen LogP contribution < -0.4 is 10.2 Å². The molecular formula is C38H46BrN3O7. The average molecular weight is 737 g/mol. The van der Waals surface area contributed by atoms with Gasteiger partial charge in [-0.3, -0.25) is 19.2 Å². The molecule has 5 rings (SSSR count). The van der Waals surface area contributed by atoms with Crippen molar-refractivity contribution in [3.8, 4) is 0 Å². The van der Waals surface area contributed by atoms with Gasteiger partial charge in [0, 0.05) is 23.5 Å². The van der Waals surface area contributed by atoms with Crippen molar-refractivity contribution in [2.45, 2.75) is 81.2 Å². The highest BCUT2D eigenvalue weighted by atomic mass is 79.9. The molecule has 49 heavy (non-hydrogen) atoms. The van der Waals surface area contributed by atoms with Crippen molar-refractivity contribution in [3.63, 3.8) is 0 Å². The van der Waals surface area contributed by atoms with Crippen LogP contribution in [0, 0.1) is 25.7 Å². The van der Waals surface area contributed by atoms with Crippen LogP contribution in [0.3, 0.4) is 0 Å². The van der Waals surface area contributed by atoms with Crippen molar-refractivity contribution in [3.05, 3.63) is 90.5 Å². The number of para-hydroxylation sites is 1. The number of rotatable bonds is 15. The van der Waals surface area contributed by atoms with Crippen molar-refractivity contribution in [2.75, 3.05) is 24.6 Å². The Bertz CT molecular complexity index is 1560. The minimum Gasteiger partial charge on any atom is -0.455 e. The Labute approximate surface area is 296 Å². The summed E-state index contributed by atoms with van der Waals surface area (Å²) in [5.74, 6) is -3.68. The molecule has 262 valence electrons. The number of amides is 3. The first-order valence-corrected chi connectivity index (χ1v) is 17.8. The van der Waals surface area contributed by atoms with Crippen LogP contribution in [0.1, 0.15) is 55.4 Å².